The van der Waals surface area contributed by atoms with E-state index < -0.39 is 30.8 Å². The first kappa shape index (κ1) is 19.3. The van der Waals surface area contributed by atoms with E-state index in [2.05, 4.69) is 20.7 Å². The molecule has 0 spiro atoms. The summed E-state index contributed by atoms with van der Waals surface area (Å²) in [6, 6.07) is 1.54. The lowest BCUT2D eigenvalue weighted by molar-refractivity contribution is -0.275. The molecule has 0 unspecified atom stereocenters. The molecule has 0 bridgehead atoms. The third kappa shape index (κ3) is 6.67. The minimum atomic E-state index is -5.00. The highest BCUT2D eigenvalue weighted by molar-refractivity contribution is 9.10. The van der Waals surface area contributed by atoms with Gasteiger partial charge >= 0.3 is 12.5 Å². The summed E-state index contributed by atoms with van der Waals surface area (Å²) >= 11 is 2.95. The first-order valence-corrected chi connectivity index (χ1v) is 5.65. The van der Waals surface area contributed by atoms with Gasteiger partial charge in [0.15, 0.2) is 0 Å². The van der Waals surface area contributed by atoms with Crippen LogP contribution in [0, 0.1) is 0 Å². The zero-order valence-electron chi connectivity index (χ0n) is 9.56. The van der Waals surface area contributed by atoms with E-state index in [9.17, 15) is 26.3 Å². The summed E-state index contributed by atoms with van der Waals surface area (Å²) in [6.07, 6.45) is -11.0. The normalized spacial score (nSPS) is 13.6. The standard InChI is InChI=1S/C10H8BrF6NO.ClH/c11-5-1-2-8(19-10(15,16)17)6(3-5)7(18)4-9(12,13)14;/h1-3,7H,4,18H2;1H/t7-;/m1./s1. The van der Waals surface area contributed by atoms with Gasteiger partial charge in [-0.3, -0.25) is 0 Å². The number of alkyl halides is 6. The second kappa shape index (κ2) is 6.86. The van der Waals surface area contributed by atoms with Crippen LogP contribution < -0.4 is 10.5 Å². The Balaban J connectivity index is 0.00000361. The Labute approximate surface area is 124 Å². The minimum Gasteiger partial charge on any atom is -0.405 e. The molecule has 10 heteroatoms. The van der Waals surface area contributed by atoms with Crippen molar-refractivity contribution < 1.29 is 31.1 Å². The van der Waals surface area contributed by atoms with Gasteiger partial charge in [-0.05, 0) is 18.2 Å². The van der Waals surface area contributed by atoms with Crippen molar-refractivity contribution in [2.24, 2.45) is 5.73 Å². The molecular formula is C10H9BrClF6NO. The molecule has 0 saturated carbocycles. The van der Waals surface area contributed by atoms with Gasteiger partial charge in [0.05, 0.1) is 6.42 Å². The smallest absolute Gasteiger partial charge is 0.405 e. The van der Waals surface area contributed by atoms with Crippen molar-refractivity contribution in [3.63, 3.8) is 0 Å². The van der Waals surface area contributed by atoms with Gasteiger partial charge in [0.25, 0.3) is 0 Å². The Hall–Kier alpha value is -0.670. The van der Waals surface area contributed by atoms with E-state index in [1.54, 1.807) is 0 Å². The lowest BCUT2D eigenvalue weighted by Crippen LogP contribution is -2.23. The Kier molecular flexibility index (Phi) is 6.63. The highest BCUT2D eigenvalue weighted by Crippen LogP contribution is 2.36. The van der Waals surface area contributed by atoms with E-state index in [-0.39, 0.29) is 18.0 Å². The molecule has 1 aromatic rings. The molecular weight excluding hydrogens is 379 g/mol. The number of nitrogens with two attached hydrogens (primary N) is 1. The molecule has 0 aliphatic rings. The minimum absolute atomic E-state index is 0. The second-order valence-corrected chi connectivity index (χ2v) is 4.57. The van der Waals surface area contributed by atoms with Crippen molar-refractivity contribution >= 4 is 28.3 Å². The summed E-state index contributed by atoms with van der Waals surface area (Å²) in [7, 11) is 0. The van der Waals surface area contributed by atoms with Crippen LogP contribution in [0.2, 0.25) is 0 Å². The van der Waals surface area contributed by atoms with Gasteiger partial charge in [-0.1, -0.05) is 15.9 Å². The van der Waals surface area contributed by atoms with E-state index in [1.165, 1.54) is 6.07 Å². The molecule has 0 aliphatic carbocycles. The molecule has 0 amide bonds. The second-order valence-electron chi connectivity index (χ2n) is 3.66. The quantitative estimate of drug-likeness (QED) is 0.761. The zero-order chi connectivity index (χ0) is 14.8. The number of benzene rings is 1. The molecule has 1 aromatic carbocycles. The van der Waals surface area contributed by atoms with Crippen molar-refractivity contribution in [1.29, 1.82) is 0 Å². The molecule has 0 saturated heterocycles. The lowest BCUT2D eigenvalue weighted by Gasteiger charge is -2.19. The Morgan fingerprint density at radius 2 is 1.70 bits per heavy atom. The van der Waals surface area contributed by atoms with Crippen LogP contribution in [-0.2, 0) is 0 Å². The molecule has 1 rings (SSSR count). The molecule has 2 nitrogen and oxygen atoms in total. The highest BCUT2D eigenvalue weighted by Gasteiger charge is 2.35. The summed E-state index contributed by atoms with van der Waals surface area (Å²) in [5, 5.41) is 0. The molecule has 1 atom stereocenters. The van der Waals surface area contributed by atoms with Crippen molar-refractivity contribution in [1.82, 2.24) is 0 Å². The van der Waals surface area contributed by atoms with Crippen LogP contribution in [0.5, 0.6) is 5.75 Å². The third-order valence-electron chi connectivity index (χ3n) is 2.05. The molecule has 116 valence electrons. The molecule has 0 radical (unpaired) electrons. The van der Waals surface area contributed by atoms with E-state index in [0.717, 1.165) is 12.1 Å². The number of rotatable bonds is 3. The van der Waals surface area contributed by atoms with Gasteiger partial charge in [-0.15, -0.1) is 25.6 Å². The molecule has 2 N–H and O–H groups in total. The van der Waals surface area contributed by atoms with Crippen LogP contribution in [0.4, 0.5) is 26.3 Å². The fourth-order valence-corrected chi connectivity index (χ4v) is 1.76. The van der Waals surface area contributed by atoms with Gasteiger partial charge in [-0.2, -0.15) is 13.2 Å². The SMILES string of the molecule is Cl.N[C@H](CC(F)(F)F)c1cc(Br)ccc1OC(F)(F)F. The van der Waals surface area contributed by atoms with Crippen LogP contribution in [0.25, 0.3) is 0 Å². The van der Waals surface area contributed by atoms with Crippen molar-refractivity contribution in [2.75, 3.05) is 0 Å². The van der Waals surface area contributed by atoms with Crippen LogP contribution in [0.3, 0.4) is 0 Å². The number of halogens is 8. The summed E-state index contributed by atoms with van der Waals surface area (Å²) < 4.78 is 77.0. The molecule has 0 fully saturated rings. The first-order chi connectivity index (χ1) is 8.48. The summed E-state index contributed by atoms with van der Waals surface area (Å²) in [6.45, 7) is 0. The Morgan fingerprint density at radius 1 is 1.15 bits per heavy atom. The van der Waals surface area contributed by atoms with E-state index in [0.29, 0.717) is 4.47 Å². The van der Waals surface area contributed by atoms with Gasteiger partial charge < -0.3 is 10.5 Å². The maximum absolute atomic E-state index is 12.2. The van der Waals surface area contributed by atoms with E-state index >= 15 is 0 Å². The maximum atomic E-state index is 12.2. The van der Waals surface area contributed by atoms with Gasteiger partial charge in [0, 0.05) is 16.1 Å². The fourth-order valence-electron chi connectivity index (χ4n) is 1.39. The molecule has 0 aromatic heterocycles. The van der Waals surface area contributed by atoms with Gasteiger partial charge in [0.2, 0.25) is 0 Å². The predicted molar refractivity (Wildman–Crippen MR) is 65.7 cm³/mol. The monoisotopic (exact) mass is 387 g/mol. The summed E-state index contributed by atoms with van der Waals surface area (Å²) in [4.78, 5) is 0. The number of hydrogen-bond acceptors (Lipinski definition) is 2. The molecule has 20 heavy (non-hydrogen) atoms. The van der Waals surface area contributed by atoms with Gasteiger partial charge in [-0.25, -0.2) is 0 Å². The van der Waals surface area contributed by atoms with Crippen LogP contribution >= 0.6 is 28.3 Å². The van der Waals surface area contributed by atoms with Crippen molar-refractivity contribution in [3.8, 4) is 5.75 Å². The first-order valence-electron chi connectivity index (χ1n) is 4.85. The zero-order valence-corrected chi connectivity index (χ0v) is 12.0. The van der Waals surface area contributed by atoms with Crippen LogP contribution in [-0.4, -0.2) is 12.5 Å². The number of ether oxygens (including phenoxy) is 1. The maximum Gasteiger partial charge on any atom is 0.573 e. The summed E-state index contributed by atoms with van der Waals surface area (Å²) in [5.41, 5.74) is 4.91. The van der Waals surface area contributed by atoms with E-state index in [1.807, 2.05) is 0 Å². The highest BCUT2D eigenvalue weighted by atomic mass is 79.9. The Bertz CT molecular complexity index is 450. The molecule has 0 heterocycles. The van der Waals surface area contributed by atoms with E-state index in [4.69, 9.17) is 5.73 Å². The largest absolute Gasteiger partial charge is 0.573 e. The Morgan fingerprint density at radius 3 is 2.15 bits per heavy atom. The van der Waals surface area contributed by atoms with Gasteiger partial charge in [0.1, 0.15) is 5.75 Å². The average molecular weight is 389 g/mol. The average Bonchev–Trinajstić information content (AvgIpc) is 2.16. The van der Waals surface area contributed by atoms with Crippen LogP contribution in [0.1, 0.15) is 18.0 Å². The predicted octanol–water partition coefficient (Wildman–Crippen LogP) is 4.72. The van der Waals surface area contributed by atoms with Crippen LogP contribution in [0.15, 0.2) is 22.7 Å². The van der Waals surface area contributed by atoms with Crippen molar-refractivity contribution in [3.05, 3.63) is 28.2 Å². The lowest BCUT2D eigenvalue weighted by atomic mass is 10.0. The van der Waals surface area contributed by atoms with Crippen molar-refractivity contribution in [2.45, 2.75) is 25.0 Å². The third-order valence-corrected chi connectivity index (χ3v) is 2.54. The summed E-state index contributed by atoms with van der Waals surface area (Å²) in [5.74, 6) is -0.743. The number of hydrogen-bond donors (Lipinski definition) is 1. The fraction of sp³-hybridized carbons (Fsp3) is 0.400. The topological polar surface area (TPSA) is 35.2 Å². The molecule has 0 aliphatic heterocycles.